The quantitative estimate of drug-likeness (QED) is 0.789. The molecule has 0 amide bonds. The number of hydrogen-bond donors (Lipinski definition) is 1. The molecule has 2 aliphatic carbocycles. The molecule has 3 rings (SSSR count). The zero-order chi connectivity index (χ0) is 11.7. The third-order valence-corrected chi connectivity index (χ3v) is 5.20. The van der Waals surface area contributed by atoms with Crippen LogP contribution in [0.3, 0.4) is 0 Å². The molecule has 3 unspecified atom stereocenters. The van der Waals surface area contributed by atoms with Gasteiger partial charge in [-0.15, -0.1) is 0 Å². The second kappa shape index (κ2) is 5.27. The van der Waals surface area contributed by atoms with Gasteiger partial charge in [-0.3, -0.25) is 4.90 Å². The summed E-state index contributed by atoms with van der Waals surface area (Å²) < 4.78 is 0. The third-order valence-electron chi connectivity index (χ3n) is 5.20. The predicted octanol–water partition coefficient (Wildman–Crippen LogP) is 2.78. The van der Waals surface area contributed by atoms with Crippen LogP contribution in [-0.2, 0) is 0 Å². The molecule has 0 aromatic heterocycles. The SMILES string of the molecule is CCC(CNC1CC1)N1CCCC2CCCC21. The molecule has 2 heteroatoms. The zero-order valence-electron chi connectivity index (χ0n) is 11.3. The van der Waals surface area contributed by atoms with Crippen LogP contribution in [0.1, 0.15) is 58.3 Å². The smallest absolute Gasteiger partial charge is 0.0221 e. The van der Waals surface area contributed by atoms with Gasteiger partial charge in [0.25, 0.3) is 0 Å². The van der Waals surface area contributed by atoms with E-state index in [9.17, 15) is 0 Å². The summed E-state index contributed by atoms with van der Waals surface area (Å²) in [5.74, 6) is 1.04. The number of hydrogen-bond acceptors (Lipinski definition) is 2. The van der Waals surface area contributed by atoms with Crippen LogP contribution in [0.25, 0.3) is 0 Å². The van der Waals surface area contributed by atoms with Gasteiger partial charge in [0.2, 0.25) is 0 Å². The lowest BCUT2D eigenvalue weighted by Gasteiger charge is -2.42. The molecule has 1 saturated heterocycles. The molecule has 0 aromatic carbocycles. The van der Waals surface area contributed by atoms with Crippen LogP contribution in [0.2, 0.25) is 0 Å². The van der Waals surface area contributed by atoms with E-state index >= 15 is 0 Å². The molecule has 17 heavy (non-hydrogen) atoms. The average Bonchev–Trinajstić information content (AvgIpc) is 3.05. The van der Waals surface area contributed by atoms with E-state index < -0.39 is 0 Å². The molecule has 2 saturated carbocycles. The Morgan fingerprint density at radius 1 is 1.12 bits per heavy atom. The molecule has 0 radical (unpaired) electrons. The molecule has 0 bridgehead atoms. The van der Waals surface area contributed by atoms with E-state index in [0.29, 0.717) is 0 Å². The van der Waals surface area contributed by atoms with Crippen molar-refractivity contribution in [3.05, 3.63) is 0 Å². The fraction of sp³-hybridized carbons (Fsp3) is 1.00. The second-order valence-electron chi connectivity index (χ2n) is 6.38. The van der Waals surface area contributed by atoms with Gasteiger partial charge >= 0.3 is 0 Å². The minimum absolute atomic E-state index is 0.807. The van der Waals surface area contributed by atoms with Crippen LogP contribution in [0.15, 0.2) is 0 Å². The summed E-state index contributed by atoms with van der Waals surface area (Å²) >= 11 is 0. The normalized spacial score (nSPS) is 35.8. The maximum absolute atomic E-state index is 3.74. The van der Waals surface area contributed by atoms with Gasteiger partial charge in [0.1, 0.15) is 0 Å². The van der Waals surface area contributed by atoms with E-state index in [1.807, 2.05) is 0 Å². The molecule has 1 heterocycles. The first-order valence-electron chi connectivity index (χ1n) is 7.87. The predicted molar refractivity (Wildman–Crippen MR) is 72.2 cm³/mol. The summed E-state index contributed by atoms with van der Waals surface area (Å²) in [4.78, 5) is 2.87. The van der Waals surface area contributed by atoms with Gasteiger partial charge in [0.15, 0.2) is 0 Å². The zero-order valence-corrected chi connectivity index (χ0v) is 11.3. The molecular weight excluding hydrogens is 208 g/mol. The van der Waals surface area contributed by atoms with Crippen molar-refractivity contribution in [1.82, 2.24) is 10.2 Å². The molecular formula is C15H28N2. The summed E-state index contributed by atoms with van der Waals surface area (Å²) in [6.07, 6.45) is 11.6. The van der Waals surface area contributed by atoms with Gasteiger partial charge in [0, 0.05) is 24.7 Å². The summed E-state index contributed by atoms with van der Waals surface area (Å²) in [6.45, 7) is 4.98. The minimum atomic E-state index is 0.807. The van der Waals surface area contributed by atoms with Crippen molar-refractivity contribution in [1.29, 1.82) is 0 Å². The van der Waals surface area contributed by atoms with Crippen molar-refractivity contribution in [2.24, 2.45) is 5.92 Å². The topological polar surface area (TPSA) is 15.3 Å². The van der Waals surface area contributed by atoms with Crippen molar-refractivity contribution in [2.45, 2.75) is 76.4 Å². The Balaban J connectivity index is 1.58. The molecule has 0 aromatic rings. The highest BCUT2D eigenvalue weighted by molar-refractivity contribution is 4.93. The molecule has 3 aliphatic rings. The van der Waals surface area contributed by atoms with Gasteiger partial charge in [-0.05, 0) is 57.4 Å². The van der Waals surface area contributed by atoms with Crippen LogP contribution in [0.4, 0.5) is 0 Å². The van der Waals surface area contributed by atoms with Crippen LogP contribution < -0.4 is 5.32 Å². The van der Waals surface area contributed by atoms with E-state index in [2.05, 4.69) is 17.1 Å². The van der Waals surface area contributed by atoms with E-state index in [0.717, 1.165) is 24.0 Å². The lowest BCUT2D eigenvalue weighted by molar-refractivity contribution is 0.0647. The average molecular weight is 236 g/mol. The Kier molecular flexibility index (Phi) is 3.72. The van der Waals surface area contributed by atoms with Gasteiger partial charge in [-0.25, -0.2) is 0 Å². The highest BCUT2D eigenvalue weighted by atomic mass is 15.2. The Hall–Kier alpha value is -0.0800. The first kappa shape index (κ1) is 12.0. The van der Waals surface area contributed by atoms with Crippen molar-refractivity contribution < 1.29 is 0 Å². The van der Waals surface area contributed by atoms with Crippen LogP contribution in [-0.4, -0.2) is 36.1 Å². The number of nitrogens with one attached hydrogen (secondary N) is 1. The Bertz CT molecular complexity index is 249. The number of nitrogens with zero attached hydrogens (tertiary/aromatic N) is 1. The van der Waals surface area contributed by atoms with Crippen molar-refractivity contribution >= 4 is 0 Å². The van der Waals surface area contributed by atoms with Gasteiger partial charge < -0.3 is 5.32 Å². The van der Waals surface area contributed by atoms with E-state index in [1.165, 1.54) is 64.5 Å². The Morgan fingerprint density at radius 3 is 2.71 bits per heavy atom. The maximum Gasteiger partial charge on any atom is 0.0221 e. The number of fused-ring (bicyclic) bond motifs is 1. The molecule has 0 spiro atoms. The lowest BCUT2D eigenvalue weighted by atomic mass is 9.90. The van der Waals surface area contributed by atoms with E-state index in [4.69, 9.17) is 0 Å². The monoisotopic (exact) mass is 236 g/mol. The lowest BCUT2D eigenvalue weighted by Crippen LogP contribution is -2.51. The number of likely N-dealkylation sites (tertiary alicyclic amines) is 1. The maximum atomic E-state index is 3.74. The number of piperidine rings is 1. The third kappa shape index (κ3) is 2.68. The van der Waals surface area contributed by atoms with Gasteiger partial charge in [-0.1, -0.05) is 13.3 Å². The molecule has 98 valence electrons. The Labute approximate surface area is 106 Å². The van der Waals surface area contributed by atoms with E-state index in [1.54, 1.807) is 0 Å². The standard InChI is InChI=1S/C15H28N2/c1-2-14(11-16-13-8-9-13)17-10-4-6-12-5-3-7-15(12)17/h12-16H,2-11H2,1H3. The first-order chi connectivity index (χ1) is 8.38. The first-order valence-corrected chi connectivity index (χ1v) is 7.87. The fourth-order valence-corrected chi connectivity index (χ4v) is 4.03. The molecule has 3 fully saturated rings. The summed E-state index contributed by atoms with van der Waals surface area (Å²) in [5.41, 5.74) is 0. The van der Waals surface area contributed by atoms with Gasteiger partial charge in [-0.2, -0.15) is 0 Å². The second-order valence-corrected chi connectivity index (χ2v) is 6.38. The summed E-state index contributed by atoms with van der Waals surface area (Å²) in [6, 6.07) is 2.62. The van der Waals surface area contributed by atoms with E-state index in [-0.39, 0.29) is 0 Å². The molecule has 2 nitrogen and oxygen atoms in total. The fourth-order valence-electron chi connectivity index (χ4n) is 4.03. The van der Waals surface area contributed by atoms with Crippen molar-refractivity contribution in [2.75, 3.05) is 13.1 Å². The highest BCUT2D eigenvalue weighted by Gasteiger charge is 2.37. The number of rotatable bonds is 5. The summed E-state index contributed by atoms with van der Waals surface area (Å²) in [5, 5.41) is 3.74. The minimum Gasteiger partial charge on any atom is -0.312 e. The van der Waals surface area contributed by atoms with Crippen LogP contribution >= 0.6 is 0 Å². The Morgan fingerprint density at radius 2 is 1.94 bits per heavy atom. The largest absolute Gasteiger partial charge is 0.312 e. The van der Waals surface area contributed by atoms with Crippen LogP contribution in [0, 0.1) is 5.92 Å². The highest BCUT2D eigenvalue weighted by Crippen LogP contribution is 2.38. The van der Waals surface area contributed by atoms with Gasteiger partial charge in [0.05, 0.1) is 0 Å². The van der Waals surface area contributed by atoms with Crippen molar-refractivity contribution in [3.8, 4) is 0 Å². The molecule has 1 N–H and O–H groups in total. The molecule has 3 atom stereocenters. The van der Waals surface area contributed by atoms with Crippen molar-refractivity contribution in [3.63, 3.8) is 0 Å². The summed E-state index contributed by atoms with van der Waals surface area (Å²) in [7, 11) is 0. The van der Waals surface area contributed by atoms with Crippen LogP contribution in [0.5, 0.6) is 0 Å². The molecule has 1 aliphatic heterocycles.